The Labute approximate surface area is 123 Å². The number of hydrogen-bond donors (Lipinski definition) is 1. The molecule has 0 radical (unpaired) electrons. The standard InChI is InChI=1S/C14H18FNO4S/c1-10-3-4-11(7-12(10)15)8-21(19,20)16-6-5-14(2,9-16)13(17)18/h3-4,7H,5-6,8-9H2,1-2H3,(H,17,18). The van der Waals surface area contributed by atoms with Gasteiger partial charge in [0.25, 0.3) is 0 Å². The van der Waals surface area contributed by atoms with E-state index in [1.807, 2.05) is 0 Å². The SMILES string of the molecule is Cc1ccc(CS(=O)(=O)N2CCC(C)(C(=O)O)C2)cc1F. The number of hydrogen-bond acceptors (Lipinski definition) is 3. The predicted molar refractivity (Wildman–Crippen MR) is 75.7 cm³/mol. The minimum absolute atomic E-state index is 0.0426. The Morgan fingerprint density at radius 1 is 1.48 bits per heavy atom. The fraction of sp³-hybridized carbons (Fsp3) is 0.500. The van der Waals surface area contributed by atoms with E-state index >= 15 is 0 Å². The van der Waals surface area contributed by atoms with E-state index in [2.05, 4.69) is 0 Å². The minimum Gasteiger partial charge on any atom is -0.481 e. The topological polar surface area (TPSA) is 74.7 Å². The second-order valence-electron chi connectivity index (χ2n) is 5.79. The van der Waals surface area contributed by atoms with Crippen LogP contribution in [0.1, 0.15) is 24.5 Å². The molecule has 2 rings (SSSR count). The van der Waals surface area contributed by atoms with Crippen molar-refractivity contribution in [3.63, 3.8) is 0 Å². The number of aliphatic carboxylic acids is 1. The molecule has 1 heterocycles. The summed E-state index contributed by atoms with van der Waals surface area (Å²) in [6, 6.07) is 4.31. The smallest absolute Gasteiger partial charge is 0.310 e. The van der Waals surface area contributed by atoms with E-state index < -0.39 is 27.2 Å². The number of benzene rings is 1. The van der Waals surface area contributed by atoms with Gasteiger partial charge in [-0.25, -0.2) is 17.1 Å². The summed E-state index contributed by atoms with van der Waals surface area (Å²) in [4.78, 5) is 11.2. The van der Waals surface area contributed by atoms with E-state index in [1.54, 1.807) is 13.0 Å². The second-order valence-corrected chi connectivity index (χ2v) is 7.76. The van der Waals surface area contributed by atoms with Gasteiger partial charge >= 0.3 is 5.97 Å². The monoisotopic (exact) mass is 315 g/mol. The molecular weight excluding hydrogens is 297 g/mol. The van der Waals surface area contributed by atoms with E-state index in [9.17, 15) is 17.6 Å². The Hall–Kier alpha value is -1.47. The Morgan fingerprint density at radius 3 is 2.67 bits per heavy atom. The van der Waals surface area contributed by atoms with E-state index in [0.29, 0.717) is 11.1 Å². The van der Waals surface area contributed by atoms with Crippen molar-refractivity contribution in [2.24, 2.45) is 5.41 Å². The lowest BCUT2D eigenvalue weighted by Crippen LogP contribution is -2.35. The molecule has 1 aromatic carbocycles. The first-order valence-electron chi connectivity index (χ1n) is 6.60. The molecular formula is C14H18FNO4S. The third-order valence-electron chi connectivity index (χ3n) is 3.93. The molecule has 1 fully saturated rings. The number of aryl methyl sites for hydroxylation is 1. The predicted octanol–water partition coefficient (Wildman–Crippen LogP) is 1.76. The fourth-order valence-electron chi connectivity index (χ4n) is 2.36. The van der Waals surface area contributed by atoms with Gasteiger partial charge in [-0.1, -0.05) is 12.1 Å². The van der Waals surface area contributed by atoms with Crippen LogP contribution in [0.2, 0.25) is 0 Å². The number of halogens is 1. The molecule has 1 aliphatic heterocycles. The first-order valence-corrected chi connectivity index (χ1v) is 8.21. The highest BCUT2D eigenvalue weighted by Crippen LogP contribution is 2.32. The Bertz CT molecular complexity index is 674. The lowest BCUT2D eigenvalue weighted by molar-refractivity contribution is -0.146. The number of rotatable bonds is 4. The normalized spacial score (nSPS) is 23.4. The van der Waals surface area contributed by atoms with Crippen LogP contribution < -0.4 is 0 Å². The zero-order valence-electron chi connectivity index (χ0n) is 12.0. The van der Waals surface area contributed by atoms with E-state index in [1.165, 1.54) is 23.4 Å². The van der Waals surface area contributed by atoms with Crippen LogP contribution in [-0.4, -0.2) is 36.9 Å². The van der Waals surface area contributed by atoms with Crippen LogP contribution in [0.15, 0.2) is 18.2 Å². The molecule has 1 saturated heterocycles. The summed E-state index contributed by atoms with van der Waals surface area (Å²) in [5.74, 6) is -1.76. The van der Waals surface area contributed by atoms with E-state index in [4.69, 9.17) is 5.11 Å². The second kappa shape index (κ2) is 5.38. The van der Waals surface area contributed by atoms with Crippen molar-refractivity contribution >= 4 is 16.0 Å². The van der Waals surface area contributed by atoms with Crippen LogP contribution >= 0.6 is 0 Å². The summed E-state index contributed by atoms with van der Waals surface area (Å²) in [6.45, 7) is 3.28. The first-order chi connectivity index (χ1) is 9.64. The molecule has 0 aromatic heterocycles. The Kier molecular flexibility index (Phi) is 4.08. The lowest BCUT2D eigenvalue weighted by atomic mass is 9.90. The average Bonchev–Trinajstić information content (AvgIpc) is 2.79. The minimum atomic E-state index is -3.64. The quantitative estimate of drug-likeness (QED) is 0.919. The molecule has 7 heteroatoms. The highest BCUT2D eigenvalue weighted by atomic mass is 32.2. The number of carboxylic acid groups (broad SMARTS) is 1. The van der Waals surface area contributed by atoms with Crippen molar-refractivity contribution in [1.82, 2.24) is 4.31 Å². The fourth-order valence-corrected chi connectivity index (χ4v) is 3.99. The van der Waals surface area contributed by atoms with Gasteiger partial charge in [0.05, 0.1) is 11.2 Å². The summed E-state index contributed by atoms with van der Waals surface area (Å²) in [7, 11) is -3.64. The Morgan fingerprint density at radius 2 is 2.14 bits per heavy atom. The molecule has 116 valence electrons. The molecule has 0 aliphatic carbocycles. The maximum atomic E-state index is 13.5. The van der Waals surface area contributed by atoms with E-state index in [-0.39, 0.29) is 25.3 Å². The van der Waals surface area contributed by atoms with Gasteiger partial charge in [-0.15, -0.1) is 0 Å². The van der Waals surface area contributed by atoms with Gasteiger partial charge in [0.2, 0.25) is 10.0 Å². The molecule has 5 nitrogen and oxygen atoms in total. The highest BCUT2D eigenvalue weighted by molar-refractivity contribution is 7.88. The van der Waals surface area contributed by atoms with Crippen molar-refractivity contribution in [3.8, 4) is 0 Å². The number of sulfonamides is 1. The van der Waals surface area contributed by atoms with Gasteiger partial charge in [-0.2, -0.15) is 0 Å². The maximum absolute atomic E-state index is 13.5. The number of nitrogens with zero attached hydrogens (tertiary/aromatic N) is 1. The molecule has 21 heavy (non-hydrogen) atoms. The zero-order valence-corrected chi connectivity index (χ0v) is 12.8. The molecule has 1 unspecified atom stereocenters. The van der Waals surface area contributed by atoms with Crippen LogP contribution in [0.4, 0.5) is 4.39 Å². The molecule has 1 N–H and O–H groups in total. The highest BCUT2D eigenvalue weighted by Gasteiger charge is 2.44. The van der Waals surface area contributed by atoms with Crippen LogP contribution in [-0.2, 0) is 20.6 Å². The summed E-state index contributed by atoms with van der Waals surface area (Å²) < 4.78 is 39.3. The van der Waals surface area contributed by atoms with Crippen molar-refractivity contribution in [2.75, 3.05) is 13.1 Å². The first kappa shape index (κ1) is 15.9. The van der Waals surface area contributed by atoms with Crippen molar-refractivity contribution in [2.45, 2.75) is 26.0 Å². The summed E-state index contributed by atoms with van der Waals surface area (Å²) in [5, 5.41) is 9.14. The third-order valence-corrected chi connectivity index (χ3v) is 5.73. The van der Waals surface area contributed by atoms with Gasteiger partial charge in [0.15, 0.2) is 0 Å². The number of carboxylic acids is 1. The molecule has 0 saturated carbocycles. The summed E-state index contributed by atoms with van der Waals surface area (Å²) in [6.07, 6.45) is 0.282. The third kappa shape index (κ3) is 3.24. The molecule has 0 spiro atoms. The maximum Gasteiger partial charge on any atom is 0.310 e. The van der Waals surface area contributed by atoms with Crippen molar-refractivity contribution in [1.29, 1.82) is 0 Å². The van der Waals surface area contributed by atoms with Gasteiger partial charge in [-0.3, -0.25) is 4.79 Å². The van der Waals surface area contributed by atoms with Crippen molar-refractivity contribution in [3.05, 3.63) is 35.1 Å². The summed E-state index contributed by atoms with van der Waals surface area (Å²) >= 11 is 0. The van der Waals surface area contributed by atoms with Crippen LogP contribution in [0, 0.1) is 18.2 Å². The lowest BCUT2D eigenvalue weighted by Gasteiger charge is -2.20. The van der Waals surface area contributed by atoms with Crippen molar-refractivity contribution < 1.29 is 22.7 Å². The van der Waals surface area contributed by atoms with E-state index in [0.717, 1.165) is 0 Å². The number of carbonyl (C=O) groups is 1. The van der Waals surface area contributed by atoms with Crippen LogP contribution in [0.3, 0.4) is 0 Å². The van der Waals surface area contributed by atoms with Gasteiger partial charge in [0.1, 0.15) is 5.82 Å². The molecule has 0 amide bonds. The van der Waals surface area contributed by atoms with Gasteiger partial charge in [-0.05, 0) is 37.5 Å². The average molecular weight is 315 g/mol. The summed E-state index contributed by atoms with van der Waals surface area (Å²) in [5.41, 5.74) is -0.233. The molecule has 0 bridgehead atoms. The van der Waals surface area contributed by atoms with Crippen LogP contribution in [0.5, 0.6) is 0 Å². The molecule has 1 aliphatic rings. The molecule has 1 atom stereocenters. The largest absolute Gasteiger partial charge is 0.481 e. The Balaban J connectivity index is 2.16. The van der Waals surface area contributed by atoms with Crippen LogP contribution in [0.25, 0.3) is 0 Å². The molecule has 1 aromatic rings. The van der Waals surface area contributed by atoms with Gasteiger partial charge in [0, 0.05) is 13.1 Å². The zero-order chi connectivity index (χ0) is 15.8. The van der Waals surface area contributed by atoms with Gasteiger partial charge < -0.3 is 5.11 Å².